The van der Waals surface area contributed by atoms with Crippen molar-refractivity contribution in [2.45, 2.75) is 71.6 Å². The number of hydrazine groups is 1. The number of rotatable bonds is 14. The van der Waals surface area contributed by atoms with Crippen LogP contribution in [-0.2, 0) is 25.7 Å². The van der Waals surface area contributed by atoms with Crippen LogP contribution in [0, 0.1) is 0 Å². The molecule has 0 aliphatic carbocycles. The Labute approximate surface area is 214 Å². The maximum absolute atomic E-state index is 13.2. The second-order valence-corrected chi connectivity index (χ2v) is 9.10. The third-order valence-electron chi connectivity index (χ3n) is 6.09. The number of unbranched alkanes of at least 4 members (excludes halogenated alkanes) is 1. The fourth-order valence-electron chi connectivity index (χ4n) is 4.17. The van der Waals surface area contributed by atoms with Gasteiger partial charge in [-0.3, -0.25) is 9.59 Å². The first-order valence-corrected chi connectivity index (χ1v) is 12.7. The lowest BCUT2D eigenvalue weighted by Gasteiger charge is -2.48. The Hall–Kier alpha value is -2.98. The maximum atomic E-state index is 13.2. The second kappa shape index (κ2) is 15.2. The summed E-state index contributed by atoms with van der Waals surface area (Å²) < 4.78 is 5.54. The van der Waals surface area contributed by atoms with Gasteiger partial charge in [-0.15, -0.1) is 0 Å². The molecule has 0 unspecified atom stereocenters. The molecule has 1 aromatic rings. The number of urea groups is 1. The number of hydrogen-bond donors (Lipinski definition) is 2. The van der Waals surface area contributed by atoms with Gasteiger partial charge in [-0.05, 0) is 38.7 Å². The van der Waals surface area contributed by atoms with E-state index in [1.807, 2.05) is 30.3 Å². The number of nitrogens with zero attached hydrogens (tertiary/aromatic N) is 3. The zero-order valence-corrected chi connectivity index (χ0v) is 22.0. The molecule has 0 radical (unpaired) electrons. The Morgan fingerprint density at radius 2 is 1.81 bits per heavy atom. The van der Waals surface area contributed by atoms with Gasteiger partial charge in [0.25, 0.3) is 0 Å². The van der Waals surface area contributed by atoms with E-state index >= 15 is 0 Å². The Kier molecular flexibility index (Phi) is 12.4. The van der Waals surface area contributed by atoms with Gasteiger partial charge in [-0.25, -0.2) is 14.8 Å². The zero-order chi connectivity index (χ0) is 26.5. The standard InChI is InChI=1S/C26H41N5O5/c1-5-6-16-36-17-10-15-27-25(34)23(14-13-20(2)32)30-21(3)31(29(4)19-24(30)33)26(35)28-18-22-11-8-7-9-12-22/h7-9,11-12,21,23H,5-6,10,13-19H2,1-4H3,(H,27,34)(H,28,35)/t21-,23-/m0/s1. The van der Waals surface area contributed by atoms with Crippen molar-refractivity contribution in [2.75, 3.05) is 33.4 Å². The largest absolute Gasteiger partial charge is 0.381 e. The molecule has 10 nitrogen and oxygen atoms in total. The van der Waals surface area contributed by atoms with Gasteiger partial charge in [0.15, 0.2) is 0 Å². The molecule has 10 heteroatoms. The van der Waals surface area contributed by atoms with E-state index in [4.69, 9.17) is 4.74 Å². The van der Waals surface area contributed by atoms with E-state index < -0.39 is 12.2 Å². The monoisotopic (exact) mass is 503 g/mol. The lowest BCUT2D eigenvalue weighted by Crippen LogP contribution is -2.69. The van der Waals surface area contributed by atoms with Gasteiger partial charge >= 0.3 is 6.03 Å². The molecule has 2 rings (SSSR count). The number of hydrogen-bond acceptors (Lipinski definition) is 6. The summed E-state index contributed by atoms with van der Waals surface area (Å²) in [5, 5.41) is 8.76. The van der Waals surface area contributed by atoms with Crippen molar-refractivity contribution in [2.24, 2.45) is 0 Å². The molecule has 4 amide bonds. The number of ketones is 1. The van der Waals surface area contributed by atoms with Crippen LogP contribution < -0.4 is 10.6 Å². The minimum atomic E-state index is -0.865. The van der Waals surface area contributed by atoms with Gasteiger partial charge in [0.05, 0.1) is 6.54 Å². The third kappa shape index (κ3) is 8.91. The fourth-order valence-corrected chi connectivity index (χ4v) is 4.17. The third-order valence-corrected chi connectivity index (χ3v) is 6.09. The maximum Gasteiger partial charge on any atom is 0.334 e. The van der Waals surface area contributed by atoms with E-state index in [9.17, 15) is 19.2 Å². The summed E-state index contributed by atoms with van der Waals surface area (Å²) in [4.78, 5) is 52.5. The van der Waals surface area contributed by atoms with Gasteiger partial charge in [-0.2, -0.15) is 0 Å². The van der Waals surface area contributed by atoms with Crippen LogP contribution in [0.5, 0.6) is 0 Å². The highest BCUT2D eigenvalue weighted by Gasteiger charge is 2.43. The lowest BCUT2D eigenvalue weighted by molar-refractivity contribution is -0.170. The molecule has 200 valence electrons. The number of Topliss-reactive ketones (excluding diaryl/α,β-unsaturated/α-hetero) is 1. The highest BCUT2D eigenvalue weighted by Crippen LogP contribution is 2.22. The van der Waals surface area contributed by atoms with Gasteiger partial charge in [0, 0.05) is 39.8 Å². The first-order valence-electron chi connectivity index (χ1n) is 12.7. The van der Waals surface area contributed by atoms with Crippen molar-refractivity contribution in [3.8, 4) is 0 Å². The first-order chi connectivity index (χ1) is 17.3. The molecule has 0 aromatic heterocycles. The number of carbonyl (C=O) groups excluding carboxylic acids is 4. The van der Waals surface area contributed by atoms with Crippen LogP contribution in [-0.4, -0.2) is 84.1 Å². The number of amides is 4. The number of likely N-dealkylation sites (N-methyl/N-ethyl adjacent to an activating group) is 1. The SMILES string of the molecule is CCCCOCCCNC(=O)[C@H](CCC(C)=O)N1C(=O)CN(C)N(C(=O)NCc2ccccc2)[C@H]1C. The van der Waals surface area contributed by atoms with E-state index in [1.165, 1.54) is 16.8 Å². The molecule has 1 aliphatic heterocycles. The minimum absolute atomic E-state index is 0.0573. The van der Waals surface area contributed by atoms with Crippen molar-refractivity contribution in [1.82, 2.24) is 25.6 Å². The average molecular weight is 504 g/mol. The lowest BCUT2D eigenvalue weighted by atomic mass is 10.0. The highest BCUT2D eigenvalue weighted by molar-refractivity contribution is 5.90. The van der Waals surface area contributed by atoms with Crippen molar-refractivity contribution in [1.29, 1.82) is 0 Å². The molecule has 2 N–H and O–H groups in total. The van der Waals surface area contributed by atoms with Crippen molar-refractivity contribution in [3.63, 3.8) is 0 Å². The van der Waals surface area contributed by atoms with E-state index in [2.05, 4.69) is 17.6 Å². The first kappa shape index (κ1) is 29.3. The predicted molar refractivity (Wildman–Crippen MR) is 137 cm³/mol. The number of benzene rings is 1. The van der Waals surface area contributed by atoms with Crippen LogP contribution in [0.1, 0.15) is 58.4 Å². The summed E-state index contributed by atoms with van der Waals surface area (Å²) in [5.74, 6) is -0.674. The van der Waals surface area contributed by atoms with Crippen LogP contribution >= 0.6 is 0 Å². The summed E-state index contributed by atoms with van der Waals surface area (Å²) in [5.41, 5.74) is 0.948. The molecule has 1 aromatic carbocycles. The van der Waals surface area contributed by atoms with Gasteiger partial charge < -0.3 is 25.1 Å². The average Bonchev–Trinajstić information content (AvgIpc) is 2.84. The molecule has 2 atom stereocenters. The van der Waals surface area contributed by atoms with Crippen LogP contribution in [0.15, 0.2) is 30.3 Å². The molecule has 1 fully saturated rings. The second-order valence-electron chi connectivity index (χ2n) is 9.10. The van der Waals surface area contributed by atoms with Crippen LogP contribution in [0.3, 0.4) is 0 Å². The Balaban J connectivity index is 2.07. The topological polar surface area (TPSA) is 111 Å². The molecular weight excluding hydrogens is 462 g/mol. The van der Waals surface area contributed by atoms with Crippen LogP contribution in [0.4, 0.5) is 4.79 Å². The number of carbonyl (C=O) groups is 4. The number of nitrogens with one attached hydrogen (secondary N) is 2. The van der Waals surface area contributed by atoms with Gasteiger partial charge in [-0.1, -0.05) is 43.7 Å². The smallest absolute Gasteiger partial charge is 0.334 e. The predicted octanol–water partition coefficient (Wildman–Crippen LogP) is 2.29. The van der Waals surface area contributed by atoms with E-state index in [0.717, 1.165) is 18.4 Å². The normalized spacial score (nSPS) is 17.1. The quantitative estimate of drug-likeness (QED) is 0.377. The molecule has 0 bridgehead atoms. The minimum Gasteiger partial charge on any atom is -0.381 e. The highest BCUT2D eigenvalue weighted by atomic mass is 16.5. The van der Waals surface area contributed by atoms with Crippen molar-refractivity contribution < 1.29 is 23.9 Å². The molecule has 0 spiro atoms. The summed E-state index contributed by atoms with van der Waals surface area (Å²) >= 11 is 0. The molecule has 1 heterocycles. The van der Waals surface area contributed by atoms with Crippen molar-refractivity contribution >= 4 is 23.6 Å². The van der Waals surface area contributed by atoms with Gasteiger partial charge in [0.2, 0.25) is 11.8 Å². The zero-order valence-electron chi connectivity index (χ0n) is 22.0. The molecule has 1 aliphatic rings. The van der Waals surface area contributed by atoms with E-state index in [1.54, 1.807) is 19.0 Å². The van der Waals surface area contributed by atoms with Gasteiger partial charge in [0.1, 0.15) is 18.0 Å². The molecule has 1 saturated heterocycles. The summed E-state index contributed by atoms with van der Waals surface area (Å²) in [6.45, 7) is 7.18. The Bertz CT molecular complexity index is 866. The summed E-state index contributed by atoms with van der Waals surface area (Å²) in [7, 11) is 1.66. The fraction of sp³-hybridized carbons (Fsp3) is 0.615. The van der Waals surface area contributed by atoms with Crippen LogP contribution in [0.25, 0.3) is 0 Å². The Morgan fingerprint density at radius 3 is 2.47 bits per heavy atom. The van der Waals surface area contributed by atoms with E-state index in [0.29, 0.717) is 32.7 Å². The Morgan fingerprint density at radius 1 is 1.11 bits per heavy atom. The summed E-state index contributed by atoms with van der Waals surface area (Å²) in [6.07, 6.45) is 2.34. The molecular formula is C26H41N5O5. The summed E-state index contributed by atoms with van der Waals surface area (Å²) in [6, 6.07) is 8.28. The van der Waals surface area contributed by atoms with Crippen molar-refractivity contribution in [3.05, 3.63) is 35.9 Å². The molecule has 0 saturated carbocycles. The molecule has 36 heavy (non-hydrogen) atoms. The number of ether oxygens (including phenoxy) is 1. The van der Waals surface area contributed by atoms with Crippen LogP contribution in [0.2, 0.25) is 0 Å². The van der Waals surface area contributed by atoms with E-state index in [-0.39, 0.29) is 43.0 Å².